The van der Waals surface area contributed by atoms with Crippen molar-refractivity contribution < 1.29 is 8.78 Å². The summed E-state index contributed by atoms with van der Waals surface area (Å²) in [6, 6.07) is 13.6. The molecule has 3 rings (SSSR count). The lowest BCUT2D eigenvalue weighted by Gasteiger charge is -2.24. The predicted octanol–water partition coefficient (Wildman–Crippen LogP) is 3.70. The zero-order valence-electron chi connectivity index (χ0n) is 10.4. The summed E-state index contributed by atoms with van der Waals surface area (Å²) in [6.45, 7) is 0. The molecule has 19 heavy (non-hydrogen) atoms. The van der Waals surface area contributed by atoms with Crippen molar-refractivity contribution in [2.75, 3.05) is 0 Å². The standard InChI is InChI=1S/C16H15F2N/c17-13-7-6-11(10-14(13)18)15(19)16(8-9-16)12-4-2-1-3-5-12/h1-7,10,15H,8-9,19H2. The fourth-order valence-corrected chi connectivity index (χ4v) is 2.71. The molecule has 1 fully saturated rings. The SMILES string of the molecule is NC(c1ccc(F)c(F)c1)C1(c2ccccc2)CC1. The molecule has 1 aliphatic rings. The van der Waals surface area contributed by atoms with Crippen LogP contribution < -0.4 is 5.73 Å². The second-order valence-corrected chi connectivity index (χ2v) is 5.17. The maximum absolute atomic E-state index is 13.3. The second kappa shape index (κ2) is 4.42. The molecule has 0 bridgehead atoms. The van der Waals surface area contributed by atoms with E-state index in [1.807, 2.05) is 30.3 Å². The number of hydrogen-bond acceptors (Lipinski definition) is 1. The van der Waals surface area contributed by atoms with Crippen molar-refractivity contribution in [3.05, 3.63) is 71.3 Å². The maximum atomic E-state index is 13.3. The highest BCUT2D eigenvalue weighted by atomic mass is 19.2. The van der Waals surface area contributed by atoms with Crippen LogP contribution in [0.3, 0.4) is 0 Å². The van der Waals surface area contributed by atoms with Crippen LogP contribution in [0.5, 0.6) is 0 Å². The molecule has 1 unspecified atom stereocenters. The van der Waals surface area contributed by atoms with Crippen LogP contribution in [0, 0.1) is 11.6 Å². The summed E-state index contributed by atoms with van der Waals surface area (Å²) in [7, 11) is 0. The van der Waals surface area contributed by atoms with Gasteiger partial charge in [-0.15, -0.1) is 0 Å². The fraction of sp³-hybridized carbons (Fsp3) is 0.250. The molecule has 2 aromatic rings. The summed E-state index contributed by atoms with van der Waals surface area (Å²) in [5.41, 5.74) is 8.00. The molecular weight excluding hydrogens is 244 g/mol. The average Bonchev–Trinajstić information content (AvgIpc) is 3.24. The van der Waals surface area contributed by atoms with Gasteiger partial charge in [-0.1, -0.05) is 36.4 Å². The average molecular weight is 259 g/mol. The Bertz CT molecular complexity index is 591. The predicted molar refractivity (Wildman–Crippen MR) is 70.6 cm³/mol. The lowest BCUT2D eigenvalue weighted by molar-refractivity contribution is 0.495. The van der Waals surface area contributed by atoms with Crippen LogP contribution in [-0.2, 0) is 5.41 Å². The molecular formula is C16H15F2N. The molecule has 1 aliphatic carbocycles. The minimum absolute atomic E-state index is 0.120. The minimum atomic E-state index is -0.836. The number of nitrogens with two attached hydrogens (primary N) is 1. The molecule has 0 spiro atoms. The van der Waals surface area contributed by atoms with Gasteiger partial charge in [0, 0.05) is 11.5 Å². The van der Waals surface area contributed by atoms with Gasteiger partial charge in [-0.2, -0.15) is 0 Å². The van der Waals surface area contributed by atoms with Gasteiger partial charge in [0.25, 0.3) is 0 Å². The first kappa shape index (κ1) is 12.3. The Morgan fingerprint density at radius 1 is 0.947 bits per heavy atom. The second-order valence-electron chi connectivity index (χ2n) is 5.17. The van der Waals surface area contributed by atoms with E-state index in [0.29, 0.717) is 5.56 Å². The first-order valence-electron chi connectivity index (χ1n) is 6.39. The third-order valence-electron chi connectivity index (χ3n) is 4.04. The van der Waals surface area contributed by atoms with Crippen molar-refractivity contribution >= 4 is 0 Å². The van der Waals surface area contributed by atoms with Crippen molar-refractivity contribution in [2.45, 2.75) is 24.3 Å². The molecule has 98 valence electrons. The molecule has 0 heterocycles. The Morgan fingerprint density at radius 3 is 2.21 bits per heavy atom. The molecule has 0 aliphatic heterocycles. The van der Waals surface area contributed by atoms with Crippen molar-refractivity contribution in [3.63, 3.8) is 0 Å². The normalized spacial score (nSPS) is 18.1. The summed E-state index contributed by atoms with van der Waals surface area (Å²) in [4.78, 5) is 0. The van der Waals surface area contributed by atoms with Crippen LogP contribution in [0.25, 0.3) is 0 Å². The number of rotatable bonds is 3. The van der Waals surface area contributed by atoms with E-state index in [2.05, 4.69) is 0 Å². The van der Waals surface area contributed by atoms with Gasteiger partial charge >= 0.3 is 0 Å². The summed E-state index contributed by atoms with van der Waals surface area (Å²) in [5, 5.41) is 0. The monoisotopic (exact) mass is 259 g/mol. The van der Waals surface area contributed by atoms with E-state index in [0.717, 1.165) is 18.9 Å². The summed E-state index contributed by atoms with van der Waals surface area (Å²) < 4.78 is 26.3. The minimum Gasteiger partial charge on any atom is -0.323 e. The highest BCUT2D eigenvalue weighted by Gasteiger charge is 2.49. The summed E-state index contributed by atoms with van der Waals surface area (Å²) >= 11 is 0. The highest BCUT2D eigenvalue weighted by Crippen LogP contribution is 2.55. The summed E-state index contributed by atoms with van der Waals surface area (Å²) in [5.74, 6) is -1.67. The van der Waals surface area contributed by atoms with E-state index in [4.69, 9.17) is 5.73 Å². The van der Waals surface area contributed by atoms with Gasteiger partial charge in [0.2, 0.25) is 0 Å². The van der Waals surface area contributed by atoms with E-state index < -0.39 is 11.6 Å². The van der Waals surface area contributed by atoms with Crippen LogP contribution in [0.1, 0.15) is 30.0 Å². The van der Waals surface area contributed by atoms with Gasteiger partial charge < -0.3 is 5.73 Å². The van der Waals surface area contributed by atoms with E-state index in [9.17, 15) is 8.78 Å². The van der Waals surface area contributed by atoms with Gasteiger partial charge in [0.05, 0.1) is 0 Å². The molecule has 1 atom stereocenters. The third-order valence-corrected chi connectivity index (χ3v) is 4.04. The van der Waals surface area contributed by atoms with Crippen molar-refractivity contribution in [2.24, 2.45) is 5.73 Å². The molecule has 2 aromatic carbocycles. The molecule has 0 saturated heterocycles. The van der Waals surface area contributed by atoms with E-state index >= 15 is 0 Å². The fourth-order valence-electron chi connectivity index (χ4n) is 2.71. The smallest absolute Gasteiger partial charge is 0.159 e. The zero-order valence-corrected chi connectivity index (χ0v) is 10.4. The number of hydrogen-bond donors (Lipinski definition) is 1. The first-order valence-corrected chi connectivity index (χ1v) is 6.39. The molecule has 3 heteroatoms. The van der Waals surface area contributed by atoms with Crippen LogP contribution in [-0.4, -0.2) is 0 Å². The van der Waals surface area contributed by atoms with Crippen molar-refractivity contribution in [1.29, 1.82) is 0 Å². The first-order chi connectivity index (χ1) is 9.13. The Labute approximate surface area is 111 Å². The Morgan fingerprint density at radius 2 is 1.63 bits per heavy atom. The topological polar surface area (TPSA) is 26.0 Å². The van der Waals surface area contributed by atoms with Crippen LogP contribution in [0.15, 0.2) is 48.5 Å². The van der Waals surface area contributed by atoms with E-state index in [-0.39, 0.29) is 11.5 Å². The highest BCUT2D eigenvalue weighted by molar-refractivity contribution is 5.38. The molecule has 0 amide bonds. The van der Waals surface area contributed by atoms with Gasteiger partial charge in [-0.05, 0) is 36.1 Å². The third kappa shape index (κ3) is 2.04. The van der Waals surface area contributed by atoms with Crippen LogP contribution in [0.4, 0.5) is 8.78 Å². The van der Waals surface area contributed by atoms with Crippen LogP contribution >= 0.6 is 0 Å². The van der Waals surface area contributed by atoms with Crippen LogP contribution in [0.2, 0.25) is 0 Å². The lowest BCUT2D eigenvalue weighted by Crippen LogP contribution is -2.26. The van der Waals surface area contributed by atoms with Gasteiger partial charge in [-0.25, -0.2) is 8.78 Å². The Balaban J connectivity index is 1.96. The van der Waals surface area contributed by atoms with Gasteiger partial charge in [0.15, 0.2) is 11.6 Å². The molecule has 2 N–H and O–H groups in total. The Kier molecular flexibility index (Phi) is 2.86. The lowest BCUT2D eigenvalue weighted by atomic mass is 9.84. The maximum Gasteiger partial charge on any atom is 0.159 e. The number of benzene rings is 2. The van der Waals surface area contributed by atoms with E-state index in [1.54, 1.807) is 6.07 Å². The molecule has 0 radical (unpaired) electrons. The number of halogens is 2. The molecule has 1 saturated carbocycles. The quantitative estimate of drug-likeness (QED) is 0.893. The molecule has 0 aromatic heterocycles. The van der Waals surface area contributed by atoms with Crippen molar-refractivity contribution in [1.82, 2.24) is 0 Å². The largest absolute Gasteiger partial charge is 0.323 e. The summed E-state index contributed by atoms with van der Waals surface area (Å²) in [6.07, 6.45) is 1.97. The van der Waals surface area contributed by atoms with Gasteiger partial charge in [0.1, 0.15) is 0 Å². The molecule has 1 nitrogen and oxygen atoms in total. The Hall–Kier alpha value is -1.74. The van der Waals surface area contributed by atoms with E-state index in [1.165, 1.54) is 11.6 Å². The van der Waals surface area contributed by atoms with Gasteiger partial charge in [-0.3, -0.25) is 0 Å². The van der Waals surface area contributed by atoms with Crippen molar-refractivity contribution in [3.8, 4) is 0 Å². The zero-order chi connectivity index (χ0) is 13.5.